The second kappa shape index (κ2) is 10.2. The predicted octanol–water partition coefficient (Wildman–Crippen LogP) is 6.07. The first-order valence-corrected chi connectivity index (χ1v) is 10.2. The van der Waals surface area contributed by atoms with Gasteiger partial charge in [-0.2, -0.15) is 13.2 Å². The zero-order valence-corrected chi connectivity index (χ0v) is 17.5. The van der Waals surface area contributed by atoms with E-state index in [-0.39, 0.29) is 23.4 Å². The number of carbonyl (C=O) groups excluding carboxylic acids is 2. The number of rotatable bonds is 8. The lowest BCUT2D eigenvalue weighted by Crippen LogP contribution is -2.19. The van der Waals surface area contributed by atoms with Crippen molar-refractivity contribution in [2.75, 3.05) is 10.6 Å². The van der Waals surface area contributed by atoms with Gasteiger partial charge in [-0.15, -0.1) is 0 Å². The van der Waals surface area contributed by atoms with Crippen LogP contribution in [0, 0.1) is 0 Å². The minimum absolute atomic E-state index is 0.0513. The van der Waals surface area contributed by atoms with E-state index >= 15 is 0 Å². The molecular weight excluding hydrogens is 421 g/mol. The lowest BCUT2D eigenvalue weighted by Gasteiger charge is -2.16. The number of unbranched alkanes of at least 4 members (excludes halogenated alkanes) is 1. The molecule has 0 saturated heterocycles. The van der Waals surface area contributed by atoms with Gasteiger partial charge in [0, 0.05) is 5.69 Å². The van der Waals surface area contributed by atoms with Gasteiger partial charge >= 0.3 is 6.18 Å². The molecule has 0 aliphatic rings. The smallest absolute Gasteiger partial charge is 0.418 e. The number of amides is 2. The van der Waals surface area contributed by atoms with E-state index in [0.29, 0.717) is 5.56 Å². The Balaban J connectivity index is 1.70. The molecule has 0 aliphatic heterocycles. The molecule has 3 aromatic rings. The standard InChI is InChI=1S/C24H23F3N2O3/c1-2-3-4-16-5-7-17(8-6-16)13-22(30)29-21-10-9-19(14-20(21)24(25,26)27)28-23(31)18-11-12-32-15-18/h5-12,14-15H,2-4,13H2,1H3,(H,28,31)(H,29,30). The van der Waals surface area contributed by atoms with E-state index in [1.807, 2.05) is 24.3 Å². The van der Waals surface area contributed by atoms with Crippen molar-refractivity contribution >= 4 is 23.2 Å². The third kappa shape index (κ3) is 6.23. The van der Waals surface area contributed by atoms with E-state index in [9.17, 15) is 22.8 Å². The third-order valence-corrected chi connectivity index (χ3v) is 4.85. The fraction of sp³-hybridized carbons (Fsp3) is 0.250. The second-order valence-electron chi connectivity index (χ2n) is 7.37. The van der Waals surface area contributed by atoms with Gasteiger partial charge in [-0.25, -0.2) is 0 Å². The highest BCUT2D eigenvalue weighted by Crippen LogP contribution is 2.36. The highest BCUT2D eigenvalue weighted by atomic mass is 19.4. The highest BCUT2D eigenvalue weighted by Gasteiger charge is 2.34. The highest BCUT2D eigenvalue weighted by molar-refractivity contribution is 6.04. The Morgan fingerprint density at radius 3 is 2.31 bits per heavy atom. The molecule has 0 fully saturated rings. The van der Waals surface area contributed by atoms with Crippen molar-refractivity contribution in [1.29, 1.82) is 0 Å². The van der Waals surface area contributed by atoms with Crippen LogP contribution in [0.4, 0.5) is 24.5 Å². The third-order valence-electron chi connectivity index (χ3n) is 4.85. The van der Waals surface area contributed by atoms with Crippen LogP contribution in [-0.2, 0) is 23.8 Å². The van der Waals surface area contributed by atoms with Gasteiger partial charge in [-0.1, -0.05) is 37.6 Å². The minimum atomic E-state index is -4.72. The Labute approximate surface area is 183 Å². The fourth-order valence-corrected chi connectivity index (χ4v) is 3.15. The molecule has 1 aromatic heterocycles. The van der Waals surface area contributed by atoms with Crippen molar-refractivity contribution in [2.45, 2.75) is 38.8 Å². The van der Waals surface area contributed by atoms with Gasteiger partial charge < -0.3 is 15.1 Å². The molecule has 0 radical (unpaired) electrons. The summed E-state index contributed by atoms with van der Waals surface area (Å²) in [7, 11) is 0. The summed E-state index contributed by atoms with van der Waals surface area (Å²) in [6.45, 7) is 2.11. The molecule has 5 nitrogen and oxygen atoms in total. The minimum Gasteiger partial charge on any atom is -0.472 e. The van der Waals surface area contributed by atoms with Crippen LogP contribution in [0.2, 0.25) is 0 Å². The predicted molar refractivity (Wildman–Crippen MR) is 115 cm³/mol. The number of furan rings is 1. The van der Waals surface area contributed by atoms with E-state index in [4.69, 9.17) is 4.42 Å². The first kappa shape index (κ1) is 23.1. The lowest BCUT2D eigenvalue weighted by molar-refractivity contribution is -0.136. The largest absolute Gasteiger partial charge is 0.472 e. The number of anilines is 2. The van der Waals surface area contributed by atoms with Gasteiger partial charge in [0.25, 0.3) is 5.91 Å². The van der Waals surface area contributed by atoms with E-state index in [1.165, 1.54) is 24.7 Å². The van der Waals surface area contributed by atoms with Crippen LogP contribution in [0.3, 0.4) is 0 Å². The van der Waals surface area contributed by atoms with Crippen molar-refractivity contribution in [1.82, 2.24) is 0 Å². The summed E-state index contributed by atoms with van der Waals surface area (Å²) in [4.78, 5) is 24.4. The molecule has 2 N–H and O–H groups in total. The average Bonchev–Trinajstić information content (AvgIpc) is 3.29. The summed E-state index contributed by atoms with van der Waals surface area (Å²) in [5, 5.41) is 4.72. The molecule has 0 atom stereocenters. The molecule has 2 amide bonds. The molecule has 3 rings (SSSR count). The Hall–Kier alpha value is -3.55. The van der Waals surface area contributed by atoms with Crippen LogP contribution in [0.1, 0.15) is 46.8 Å². The molecule has 32 heavy (non-hydrogen) atoms. The van der Waals surface area contributed by atoms with Gasteiger partial charge in [-0.05, 0) is 48.2 Å². The van der Waals surface area contributed by atoms with Crippen LogP contribution in [0.25, 0.3) is 0 Å². The maximum Gasteiger partial charge on any atom is 0.418 e. The molecule has 8 heteroatoms. The second-order valence-corrected chi connectivity index (χ2v) is 7.37. The quantitative estimate of drug-likeness (QED) is 0.443. The molecule has 0 saturated carbocycles. The molecule has 0 bridgehead atoms. The first-order valence-electron chi connectivity index (χ1n) is 10.2. The number of alkyl halides is 3. The molecule has 1 heterocycles. The van der Waals surface area contributed by atoms with E-state index in [2.05, 4.69) is 17.6 Å². The molecule has 168 valence electrons. The Kier molecular flexibility index (Phi) is 7.35. The van der Waals surface area contributed by atoms with Crippen LogP contribution in [-0.4, -0.2) is 11.8 Å². The van der Waals surface area contributed by atoms with Crippen LogP contribution < -0.4 is 10.6 Å². The van der Waals surface area contributed by atoms with E-state index in [1.54, 1.807) is 0 Å². The SMILES string of the molecule is CCCCc1ccc(CC(=O)Nc2ccc(NC(=O)c3ccoc3)cc2C(F)(F)F)cc1. The summed E-state index contributed by atoms with van der Waals surface area (Å²) in [6, 6.07) is 12.1. The number of aryl methyl sites for hydroxylation is 1. The van der Waals surface area contributed by atoms with E-state index in [0.717, 1.165) is 37.0 Å². The Morgan fingerprint density at radius 1 is 0.969 bits per heavy atom. The summed E-state index contributed by atoms with van der Waals surface area (Å²) < 4.78 is 45.5. The van der Waals surface area contributed by atoms with Crippen LogP contribution in [0.5, 0.6) is 0 Å². The first-order chi connectivity index (χ1) is 15.3. The van der Waals surface area contributed by atoms with Gasteiger partial charge in [0.05, 0.1) is 29.5 Å². The Bertz CT molecular complexity index is 1060. The number of carbonyl (C=O) groups is 2. The fourth-order valence-electron chi connectivity index (χ4n) is 3.15. The van der Waals surface area contributed by atoms with Crippen LogP contribution >= 0.6 is 0 Å². The topological polar surface area (TPSA) is 71.3 Å². The summed E-state index contributed by atoms with van der Waals surface area (Å²) in [6.07, 6.45) is 0.792. The van der Waals surface area contributed by atoms with Gasteiger partial charge in [-0.3, -0.25) is 9.59 Å². The van der Waals surface area contributed by atoms with Crippen molar-refractivity contribution < 1.29 is 27.2 Å². The molecule has 2 aromatic carbocycles. The normalized spacial score (nSPS) is 11.2. The molecule has 0 unspecified atom stereocenters. The lowest BCUT2D eigenvalue weighted by atomic mass is 10.0. The number of hydrogen-bond donors (Lipinski definition) is 2. The van der Waals surface area contributed by atoms with Gasteiger partial charge in [0.1, 0.15) is 6.26 Å². The zero-order valence-electron chi connectivity index (χ0n) is 17.5. The molecule has 0 aliphatic carbocycles. The number of benzene rings is 2. The van der Waals surface area contributed by atoms with Gasteiger partial charge in [0.2, 0.25) is 5.91 Å². The van der Waals surface area contributed by atoms with Crippen molar-refractivity contribution in [3.05, 3.63) is 83.3 Å². The summed E-state index contributed by atoms with van der Waals surface area (Å²) in [5.74, 6) is -1.17. The zero-order chi connectivity index (χ0) is 23.1. The van der Waals surface area contributed by atoms with Crippen molar-refractivity contribution in [3.8, 4) is 0 Å². The van der Waals surface area contributed by atoms with Gasteiger partial charge in [0.15, 0.2) is 0 Å². The molecule has 0 spiro atoms. The molecular formula is C24H23F3N2O3. The van der Waals surface area contributed by atoms with Crippen molar-refractivity contribution in [2.24, 2.45) is 0 Å². The van der Waals surface area contributed by atoms with E-state index < -0.39 is 23.6 Å². The average molecular weight is 444 g/mol. The monoisotopic (exact) mass is 444 g/mol. The number of nitrogens with one attached hydrogen (secondary N) is 2. The summed E-state index contributed by atoms with van der Waals surface area (Å²) in [5.41, 5.74) is 0.568. The Morgan fingerprint density at radius 2 is 1.69 bits per heavy atom. The summed E-state index contributed by atoms with van der Waals surface area (Å²) >= 11 is 0. The maximum atomic E-state index is 13.6. The van der Waals surface area contributed by atoms with Crippen LogP contribution in [0.15, 0.2) is 65.5 Å². The maximum absolute atomic E-state index is 13.6. The van der Waals surface area contributed by atoms with Crippen molar-refractivity contribution in [3.63, 3.8) is 0 Å². The number of hydrogen-bond acceptors (Lipinski definition) is 3. The number of halogens is 3.